The summed E-state index contributed by atoms with van der Waals surface area (Å²) in [5, 5.41) is 4.28. The average Bonchev–Trinajstić information content (AvgIpc) is 2.86. The smallest absolute Gasteiger partial charge is 0.275 e. The maximum Gasteiger partial charge on any atom is 0.275 e. The number of ether oxygens (including phenoxy) is 1. The zero-order valence-corrected chi connectivity index (χ0v) is 14.8. The normalized spacial score (nSPS) is 24.7. The van der Waals surface area contributed by atoms with Crippen molar-refractivity contribution in [2.24, 2.45) is 7.05 Å². The Bertz CT molecular complexity index is 542. The molecule has 0 N–H and O–H groups in total. The zero-order valence-electron chi connectivity index (χ0n) is 13.2. The van der Waals surface area contributed by atoms with Crippen LogP contribution < -0.4 is 0 Å². The van der Waals surface area contributed by atoms with Gasteiger partial charge in [-0.25, -0.2) is 0 Å². The van der Waals surface area contributed by atoms with Gasteiger partial charge in [0.15, 0.2) is 5.69 Å². The van der Waals surface area contributed by atoms with E-state index < -0.39 is 0 Å². The van der Waals surface area contributed by atoms with Crippen molar-refractivity contribution in [1.29, 1.82) is 0 Å². The summed E-state index contributed by atoms with van der Waals surface area (Å²) >= 11 is 3.42. The van der Waals surface area contributed by atoms with Crippen LogP contribution >= 0.6 is 15.9 Å². The quantitative estimate of drug-likeness (QED) is 0.791. The molecule has 0 radical (unpaired) electrons. The number of halogens is 1. The number of amides is 1. The van der Waals surface area contributed by atoms with Gasteiger partial charge in [0.05, 0.1) is 4.47 Å². The minimum atomic E-state index is 0.0200. The molecular weight excluding hydrogens is 348 g/mol. The van der Waals surface area contributed by atoms with Crippen LogP contribution in [0.3, 0.4) is 0 Å². The predicted molar refractivity (Wildman–Crippen MR) is 86.8 cm³/mol. The highest BCUT2D eigenvalue weighted by Crippen LogP contribution is 2.22. The van der Waals surface area contributed by atoms with E-state index in [2.05, 4.69) is 32.9 Å². The molecule has 0 aliphatic carbocycles. The van der Waals surface area contributed by atoms with Crippen LogP contribution in [0.5, 0.6) is 0 Å². The average molecular weight is 371 g/mol. The second-order valence-electron chi connectivity index (χ2n) is 6.19. The van der Waals surface area contributed by atoms with Crippen molar-refractivity contribution >= 4 is 21.8 Å². The van der Waals surface area contributed by atoms with Crippen LogP contribution in [0, 0.1) is 0 Å². The molecule has 1 atom stereocenters. The van der Waals surface area contributed by atoms with Gasteiger partial charge in [-0.3, -0.25) is 14.4 Å². The summed E-state index contributed by atoms with van der Waals surface area (Å²) < 4.78 is 7.87. The van der Waals surface area contributed by atoms with E-state index >= 15 is 0 Å². The second kappa shape index (κ2) is 6.68. The molecule has 0 spiro atoms. The van der Waals surface area contributed by atoms with E-state index in [-0.39, 0.29) is 11.9 Å². The summed E-state index contributed by atoms with van der Waals surface area (Å²) in [5.41, 5.74) is 0.508. The molecule has 2 aliphatic heterocycles. The molecule has 2 aliphatic rings. The largest absolute Gasteiger partial charge is 0.381 e. The van der Waals surface area contributed by atoms with Crippen LogP contribution in [0.2, 0.25) is 0 Å². The van der Waals surface area contributed by atoms with E-state index in [0.29, 0.717) is 11.7 Å². The van der Waals surface area contributed by atoms with Crippen molar-refractivity contribution in [2.75, 3.05) is 32.8 Å². The van der Waals surface area contributed by atoms with Gasteiger partial charge in [-0.05, 0) is 35.7 Å². The molecule has 7 heteroatoms. The Labute approximate surface area is 139 Å². The van der Waals surface area contributed by atoms with Crippen molar-refractivity contribution in [3.8, 4) is 0 Å². The molecule has 6 nitrogen and oxygen atoms in total. The number of nitrogens with zero attached hydrogens (tertiary/aromatic N) is 4. The first kappa shape index (κ1) is 16.0. The van der Waals surface area contributed by atoms with Crippen LogP contribution in [0.25, 0.3) is 0 Å². The maximum atomic E-state index is 12.7. The number of rotatable bonds is 2. The van der Waals surface area contributed by atoms with Crippen LogP contribution in [0.15, 0.2) is 10.7 Å². The third-order valence-corrected chi connectivity index (χ3v) is 5.19. The third kappa shape index (κ3) is 3.21. The first-order valence-electron chi connectivity index (χ1n) is 7.88. The van der Waals surface area contributed by atoms with E-state index in [0.717, 1.165) is 50.2 Å². The van der Waals surface area contributed by atoms with Crippen LogP contribution in [0.4, 0.5) is 0 Å². The topological polar surface area (TPSA) is 50.6 Å². The molecule has 1 amide bonds. The van der Waals surface area contributed by atoms with E-state index in [1.54, 1.807) is 4.68 Å². The Morgan fingerprint density at radius 3 is 2.68 bits per heavy atom. The summed E-state index contributed by atoms with van der Waals surface area (Å²) in [5.74, 6) is 0.0200. The van der Waals surface area contributed by atoms with Crippen molar-refractivity contribution in [3.63, 3.8) is 0 Å². The number of hydrogen-bond donors (Lipinski definition) is 0. The summed E-state index contributed by atoms with van der Waals surface area (Å²) in [6.45, 7) is 6.48. The molecule has 3 rings (SSSR count). The monoisotopic (exact) mass is 370 g/mol. The number of aryl methyl sites for hydroxylation is 1. The van der Waals surface area contributed by atoms with Gasteiger partial charge in [-0.15, -0.1) is 0 Å². The third-order valence-electron chi connectivity index (χ3n) is 4.61. The van der Waals surface area contributed by atoms with Gasteiger partial charge in [0.1, 0.15) is 0 Å². The molecule has 3 heterocycles. The van der Waals surface area contributed by atoms with Crippen molar-refractivity contribution in [2.45, 2.75) is 31.8 Å². The van der Waals surface area contributed by atoms with Gasteiger partial charge in [-0.2, -0.15) is 5.10 Å². The van der Waals surface area contributed by atoms with E-state index in [4.69, 9.17) is 4.74 Å². The highest BCUT2D eigenvalue weighted by atomic mass is 79.9. The summed E-state index contributed by atoms with van der Waals surface area (Å²) in [7, 11) is 1.83. The Morgan fingerprint density at radius 1 is 1.36 bits per heavy atom. The predicted octanol–water partition coefficient (Wildman–Crippen LogP) is 1.51. The van der Waals surface area contributed by atoms with Crippen molar-refractivity contribution in [1.82, 2.24) is 19.6 Å². The Kier molecular flexibility index (Phi) is 4.84. The second-order valence-corrected chi connectivity index (χ2v) is 7.04. The van der Waals surface area contributed by atoms with Crippen LogP contribution in [-0.2, 0) is 11.8 Å². The Balaban J connectivity index is 1.65. The van der Waals surface area contributed by atoms with Crippen molar-refractivity contribution < 1.29 is 9.53 Å². The molecule has 122 valence electrons. The first-order chi connectivity index (χ1) is 10.6. The fraction of sp³-hybridized carbons (Fsp3) is 0.733. The molecule has 1 aromatic rings. The summed E-state index contributed by atoms with van der Waals surface area (Å²) in [4.78, 5) is 17.2. The lowest BCUT2D eigenvalue weighted by atomic mass is 10.0. The van der Waals surface area contributed by atoms with Crippen LogP contribution in [0.1, 0.15) is 30.3 Å². The molecule has 0 bridgehead atoms. The number of carbonyl (C=O) groups is 1. The lowest BCUT2D eigenvalue weighted by Gasteiger charge is -2.44. The van der Waals surface area contributed by atoms with Gasteiger partial charge in [0.25, 0.3) is 5.91 Å². The van der Waals surface area contributed by atoms with Gasteiger partial charge in [-0.1, -0.05) is 0 Å². The Hall–Kier alpha value is -0.920. The van der Waals surface area contributed by atoms with E-state index in [1.807, 2.05) is 18.1 Å². The molecule has 0 saturated carbocycles. The standard InChI is InChI=1S/C15H23BrN4O2/c1-11-9-19(12-3-7-22-8-4-12)5-6-20(11)15(21)14-13(16)10-18(2)17-14/h10-12H,3-9H2,1-2H3/t11-/m0/s1. The van der Waals surface area contributed by atoms with Gasteiger partial charge in [0.2, 0.25) is 0 Å². The lowest BCUT2D eigenvalue weighted by molar-refractivity contribution is 0.000506. The molecule has 2 saturated heterocycles. The molecule has 0 aromatic carbocycles. The highest BCUT2D eigenvalue weighted by molar-refractivity contribution is 9.10. The number of aromatic nitrogens is 2. The number of piperazine rings is 1. The number of carbonyl (C=O) groups excluding carboxylic acids is 1. The Morgan fingerprint density at radius 2 is 2.09 bits per heavy atom. The molecule has 22 heavy (non-hydrogen) atoms. The summed E-state index contributed by atoms with van der Waals surface area (Å²) in [6.07, 6.45) is 4.02. The van der Waals surface area contributed by atoms with Gasteiger partial charge in [0, 0.05) is 58.2 Å². The van der Waals surface area contributed by atoms with Gasteiger partial charge >= 0.3 is 0 Å². The molecular formula is C15H23BrN4O2. The highest BCUT2D eigenvalue weighted by Gasteiger charge is 2.33. The van der Waals surface area contributed by atoms with E-state index in [1.165, 1.54) is 0 Å². The lowest BCUT2D eigenvalue weighted by Crippen LogP contribution is -2.57. The van der Waals surface area contributed by atoms with Crippen LogP contribution in [-0.4, -0.2) is 70.4 Å². The van der Waals surface area contributed by atoms with Crippen molar-refractivity contribution in [3.05, 3.63) is 16.4 Å². The minimum Gasteiger partial charge on any atom is -0.381 e. The SMILES string of the molecule is C[C@H]1CN(C2CCOCC2)CCN1C(=O)c1nn(C)cc1Br. The molecule has 0 unspecified atom stereocenters. The molecule has 1 aromatic heterocycles. The minimum absolute atomic E-state index is 0.0200. The maximum absolute atomic E-state index is 12.7. The fourth-order valence-electron chi connectivity index (χ4n) is 3.41. The van der Waals surface area contributed by atoms with E-state index in [9.17, 15) is 4.79 Å². The fourth-order valence-corrected chi connectivity index (χ4v) is 3.96. The zero-order chi connectivity index (χ0) is 15.7. The van der Waals surface area contributed by atoms with Gasteiger partial charge < -0.3 is 9.64 Å². The summed E-state index contributed by atoms with van der Waals surface area (Å²) in [6, 6.07) is 0.813. The number of hydrogen-bond acceptors (Lipinski definition) is 4. The first-order valence-corrected chi connectivity index (χ1v) is 8.67. The molecule has 2 fully saturated rings.